The molecule has 1 aromatic heterocycles. The van der Waals surface area contributed by atoms with Gasteiger partial charge in [-0.25, -0.2) is 0 Å². The summed E-state index contributed by atoms with van der Waals surface area (Å²) in [4.78, 5) is 4.31. The zero-order valence-corrected chi connectivity index (χ0v) is 10.3. The Balaban J connectivity index is 2.65. The van der Waals surface area contributed by atoms with E-state index in [0.717, 1.165) is 31.0 Å². The van der Waals surface area contributed by atoms with Gasteiger partial charge >= 0.3 is 0 Å². The number of anilines is 1. The zero-order valence-electron chi connectivity index (χ0n) is 10.3. The molecule has 0 saturated heterocycles. The topological polar surface area (TPSA) is 46.2 Å². The van der Waals surface area contributed by atoms with Crippen molar-refractivity contribution < 1.29 is 4.74 Å². The summed E-state index contributed by atoms with van der Waals surface area (Å²) in [6.45, 7) is 7.43. The highest BCUT2D eigenvalue weighted by atomic mass is 16.5. The minimum atomic E-state index is 0.710. The number of aryl methyl sites for hydroxylation is 1. The molecule has 0 unspecified atom stereocenters. The molecule has 0 radical (unpaired) electrons. The Kier molecular flexibility index (Phi) is 5.82. The van der Waals surface area contributed by atoms with Gasteiger partial charge in [-0.1, -0.05) is 6.92 Å². The van der Waals surface area contributed by atoms with E-state index in [4.69, 9.17) is 4.74 Å². The first-order valence-corrected chi connectivity index (χ1v) is 5.67. The van der Waals surface area contributed by atoms with Gasteiger partial charge in [-0.3, -0.25) is 4.98 Å². The maximum Gasteiger partial charge on any atom is 0.0635 e. The van der Waals surface area contributed by atoms with Crippen LogP contribution >= 0.6 is 0 Å². The van der Waals surface area contributed by atoms with Crippen molar-refractivity contribution in [2.24, 2.45) is 0 Å². The number of pyridine rings is 1. The molecule has 1 rings (SSSR count). The van der Waals surface area contributed by atoms with Gasteiger partial charge in [0.25, 0.3) is 0 Å². The largest absolute Gasteiger partial charge is 0.383 e. The molecular formula is C12H21N3O. The smallest absolute Gasteiger partial charge is 0.0635 e. The van der Waals surface area contributed by atoms with Crippen molar-refractivity contribution >= 4 is 5.69 Å². The molecule has 0 saturated carbocycles. The summed E-state index contributed by atoms with van der Waals surface area (Å²) in [7, 11) is 1.71. The number of nitrogens with one attached hydrogen (secondary N) is 2. The predicted molar refractivity (Wildman–Crippen MR) is 66.7 cm³/mol. The molecule has 0 bridgehead atoms. The third-order valence-corrected chi connectivity index (χ3v) is 2.31. The van der Waals surface area contributed by atoms with Gasteiger partial charge in [-0.05, 0) is 19.5 Å². The maximum absolute atomic E-state index is 5.02. The number of hydrogen-bond donors (Lipinski definition) is 2. The molecule has 16 heavy (non-hydrogen) atoms. The lowest BCUT2D eigenvalue weighted by molar-refractivity contribution is 0.210. The Labute approximate surface area is 97.4 Å². The van der Waals surface area contributed by atoms with E-state index >= 15 is 0 Å². The van der Waals surface area contributed by atoms with Crippen LogP contribution in [0.4, 0.5) is 5.69 Å². The van der Waals surface area contributed by atoms with Crippen molar-refractivity contribution in [3.05, 3.63) is 23.5 Å². The molecule has 90 valence electrons. The van der Waals surface area contributed by atoms with E-state index in [-0.39, 0.29) is 0 Å². The van der Waals surface area contributed by atoms with Crippen LogP contribution in [0.1, 0.15) is 18.2 Å². The number of hydrogen-bond acceptors (Lipinski definition) is 4. The molecule has 0 atom stereocenters. The van der Waals surface area contributed by atoms with E-state index in [2.05, 4.69) is 28.6 Å². The van der Waals surface area contributed by atoms with Crippen LogP contribution in [0.5, 0.6) is 0 Å². The van der Waals surface area contributed by atoms with Gasteiger partial charge in [0, 0.05) is 43.3 Å². The first-order valence-electron chi connectivity index (χ1n) is 5.67. The molecule has 0 aromatic carbocycles. The van der Waals surface area contributed by atoms with Gasteiger partial charge in [-0.15, -0.1) is 0 Å². The lowest BCUT2D eigenvalue weighted by Gasteiger charge is -2.12. The molecule has 0 aliphatic rings. The standard InChI is InChI=1S/C12H21N3O/c1-4-13-8-11-9-15-10(2)7-12(11)14-5-6-16-3/h7,9,13H,4-6,8H2,1-3H3,(H,14,15). The lowest BCUT2D eigenvalue weighted by atomic mass is 10.2. The SMILES string of the molecule is CCNCc1cnc(C)cc1NCCOC. The van der Waals surface area contributed by atoms with Gasteiger partial charge in [0.1, 0.15) is 0 Å². The van der Waals surface area contributed by atoms with E-state index in [1.807, 2.05) is 13.1 Å². The highest BCUT2D eigenvalue weighted by molar-refractivity contribution is 5.51. The van der Waals surface area contributed by atoms with Crippen molar-refractivity contribution in [3.63, 3.8) is 0 Å². The lowest BCUT2D eigenvalue weighted by Crippen LogP contribution is -2.15. The summed E-state index contributed by atoms with van der Waals surface area (Å²) >= 11 is 0. The summed E-state index contributed by atoms with van der Waals surface area (Å²) < 4.78 is 5.02. The molecule has 1 heterocycles. The first-order chi connectivity index (χ1) is 7.77. The Bertz CT molecular complexity index is 315. The fourth-order valence-electron chi connectivity index (χ4n) is 1.44. The minimum Gasteiger partial charge on any atom is -0.383 e. The number of rotatable bonds is 7. The third kappa shape index (κ3) is 4.16. The molecule has 0 fully saturated rings. The quantitative estimate of drug-likeness (QED) is 0.689. The van der Waals surface area contributed by atoms with Crippen LogP contribution in [0.25, 0.3) is 0 Å². The van der Waals surface area contributed by atoms with Gasteiger partial charge in [0.05, 0.1) is 6.61 Å². The Morgan fingerprint density at radius 1 is 1.44 bits per heavy atom. The van der Waals surface area contributed by atoms with Gasteiger partial charge in [0.2, 0.25) is 0 Å². The molecular weight excluding hydrogens is 202 g/mol. The van der Waals surface area contributed by atoms with Crippen molar-refractivity contribution in [2.45, 2.75) is 20.4 Å². The van der Waals surface area contributed by atoms with Crippen molar-refractivity contribution in [1.82, 2.24) is 10.3 Å². The fourth-order valence-corrected chi connectivity index (χ4v) is 1.44. The van der Waals surface area contributed by atoms with Gasteiger partial charge in [-0.2, -0.15) is 0 Å². The van der Waals surface area contributed by atoms with Crippen LogP contribution in [0, 0.1) is 6.92 Å². The van der Waals surface area contributed by atoms with E-state index < -0.39 is 0 Å². The summed E-state index contributed by atoms with van der Waals surface area (Å²) in [6.07, 6.45) is 1.92. The Morgan fingerprint density at radius 3 is 2.94 bits per heavy atom. The second-order valence-corrected chi connectivity index (χ2v) is 3.68. The van der Waals surface area contributed by atoms with E-state index in [1.165, 1.54) is 5.56 Å². The van der Waals surface area contributed by atoms with E-state index in [1.54, 1.807) is 7.11 Å². The van der Waals surface area contributed by atoms with Crippen LogP contribution in [0.15, 0.2) is 12.3 Å². The van der Waals surface area contributed by atoms with Crippen LogP contribution in [-0.2, 0) is 11.3 Å². The third-order valence-electron chi connectivity index (χ3n) is 2.31. The van der Waals surface area contributed by atoms with E-state index in [9.17, 15) is 0 Å². The molecule has 4 nitrogen and oxygen atoms in total. The fraction of sp³-hybridized carbons (Fsp3) is 0.583. The predicted octanol–water partition coefficient (Wildman–Crippen LogP) is 1.56. The second kappa shape index (κ2) is 7.19. The normalized spacial score (nSPS) is 10.4. The molecule has 0 aliphatic carbocycles. The summed E-state index contributed by atoms with van der Waals surface area (Å²) in [5, 5.41) is 6.66. The number of methoxy groups -OCH3 is 1. The Morgan fingerprint density at radius 2 is 2.25 bits per heavy atom. The molecule has 0 amide bonds. The average molecular weight is 223 g/mol. The highest BCUT2D eigenvalue weighted by Crippen LogP contribution is 2.15. The van der Waals surface area contributed by atoms with Crippen molar-refractivity contribution in [3.8, 4) is 0 Å². The zero-order chi connectivity index (χ0) is 11.8. The summed E-state index contributed by atoms with van der Waals surface area (Å²) in [6, 6.07) is 2.07. The molecule has 1 aromatic rings. The first kappa shape index (κ1) is 12.9. The minimum absolute atomic E-state index is 0.710. The van der Waals surface area contributed by atoms with Crippen LogP contribution in [0.2, 0.25) is 0 Å². The molecule has 4 heteroatoms. The van der Waals surface area contributed by atoms with Gasteiger partial charge < -0.3 is 15.4 Å². The average Bonchev–Trinajstić information content (AvgIpc) is 2.28. The summed E-state index contributed by atoms with van der Waals surface area (Å²) in [5.74, 6) is 0. The van der Waals surface area contributed by atoms with Crippen LogP contribution < -0.4 is 10.6 Å². The summed E-state index contributed by atoms with van der Waals surface area (Å²) in [5.41, 5.74) is 3.37. The highest BCUT2D eigenvalue weighted by Gasteiger charge is 2.02. The molecule has 2 N–H and O–H groups in total. The van der Waals surface area contributed by atoms with Crippen molar-refractivity contribution in [2.75, 3.05) is 32.1 Å². The number of aromatic nitrogens is 1. The maximum atomic E-state index is 5.02. The number of ether oxygens (including phenoxy) is 1. The van der Waals surface area contributed by atoms with Gasteiger partial charge in [0.15, 0.2) is 0 Å². The van der Waals surface area contributed by atoms with E-state index in [0.29, 0.717) is 6.61 Å². The molecule has 0 aliphatic heterocycles. The van der Waals surface area contributed by atoms with Crippen LogP contribution in [0.3, 0.4) is 0 Å². The monoisotopic (exact) mass is 223 g/mol. The second-order valence-electron chi connectivity index (χ2n) is 3.68. The molecule has 0 spiro atoms. The Hall–Kier alpha value is -1.13. The van der Waals surface area contributed by atoms with Crippen molar-refractivity contribution in [1.29, 1.82) is 0 Å². The number of nitrogens with zero attached hydrogens (tertiary/aromatic N) is 1. The van der Waals surface area contributed by atoms with Crippen LogP contribution in [-0.4, -0.2) is 31.8 Å².